The number of nitrogens with zero attached hydrogens (tertiary/aromatic N) is 3. The van der Waals surface area contributed by atoms with Crippen LogP contribution in [0.3, 0.4) is 0 Å². The number of hydrogen-bond acceptors (Lipinski definition) is 5. The van der Waals surface area contributed by atoms with Crippen LogP contribution in [0.5, 0.6) is 0 Å². The highest BCUT2D eigenvalue weighted by molar-refractivity contribution is 7.18. The van der Waals surface area contributed by atoms with Gasteiger partial charge in [-0.05, 0) is 61.5 Å². The standard InChI is InChI=1S/C27H25FN4OS/c1-16-24(17(2)32(3)31-16)15-21(33)9-7-18-8-10-22-25(13-18)30-27(23-11-12-34-26(22)23)29-20-6-4-5-19(28)14-20/h4-6,8,10-14H,7,9,15H2,1-3H3,(H,29,30). The number of carbonyl (C=O) groups excluding carboxylic acids is 1. The number of thiophene rings is 1. The van der Waals surface area contributed by atoms with Gasteiger partial charge in [-0.1, -0.05) is 18.2 Å². The van der Waals surface area contributed by atoms with E-state index in [0.29, 0.717) is 30.8 Å². The lowest BCUT2D eigenvalue weighted by Crippen LogP contribution is -2.06. The summed E-state index contributed by atoms with van der Waals surface area (Å²) in [5.74, 6) is 0.607. The topological polar surface area (TPSA) is 59.8 Å². The monoisotopic (exact) mass is 472 g/mol. The Balaban J connectivity index is 1.39. The first-order valence-electron chi connectivity index (χ1n) is 11.2. The number of halogens is 1. The second-order valence-electron chi connectivity index (χ2n) is 8.60. The fourth-order valence-corrected chi connectivity index (χ4v) is 5.27. The molecular weight excluding hydrogens is 447 g/mol. The molecule has 0 aliphatic heterocycles. The van der Waals surface area contributed by atoms with Crippen molar-refractivity contribution in [1.82, 2.24) is 14.8 Å². The summed E-state index contributed by atoms with van der Waals surface area (Å²) in [7, 11) is 1.90. The molecule has 0 fully saturated rings. The summed E-state index contributed by atoms with van der Waals surface area (Å²) in [5.41, 5.74) is 5.57. The van der Waals surface area contributed by atoms with Crippen molar-refractivity contribution in [2.24, 2.45) is 7.05 Å². The lowest BCUT2D eigenvalue weighted by Gasteiger charge is -2.10. The fourth-order valence-electron chi connectivity index (χ4n) is 4.34. The van der Waals surface area contributed by atoms with Gasteiger partial charge in [-0.25, -0.2) is 9.37 Å². The number of ketones is 1. The maximum atomic E-state index is 13.7. The van der Waals surface area contributed by atoms with Gasteiger partial charge in [-0.3, -0.25) is 9.48 Å². The van der Waals surface area contributed by atoms with Gasteiger partial charge < -0.3 is 5.32 Å². The summed E-state index contributed by atoms with van der Waals surface area (Å²) in [4.78, 5) is 17.6. The van der Waals surface area contributed by atoms with Crippen LogP contribution < -0.4 is 5.32 Å². The fraction of sp³-hybridized carbons (Fsp3) is 0.222. The molecule has 0 saturated carbocycles. The van der Waals surface area contributed by atoms with E-state index in [-0.39, 0.29) is 11.6 Å². The molecule has 1 N–H and O–H groups in total. The Hall–Kier alpha value is -3.58. The van der Waals surface area contributed by atoms with Gasteiger partial charge in [-0.15, -0.1) is 11.3 Å². The minimum absolute atomic E-state index is 0.203. The van der Waals surface area contributed by atoms with Crippen molar-refractivity contribution < 1.29 is 9.18 Å². The number of aryl methyl sites for hydroxylation is 3. The average molecular weight is 473 g/mol. The quantitative estimate of drug-likeness (QED) is 0.297. The number of benzene rings is 2. The van der Waals surface area contributed by atoms with Gasteiger partial charge in [0.2, 0.25) is 0 Å². The second kappa shape index (κ2) is 8.99. The van der Waals surface area contributed by atoms with Crippen LogP contribution in [0.2, 0.25) is 0 Å². The van der Waals surface area contributed by atoms with E-state index in [9.17, 15) is 9.18 Å². The summed E-state index contributed by atoms with van der Waals surface area (Å²) < 4.78 is 16.6. The van der Waals surface area contributed by atoms with Gasteiger partial charge in [0.15, 0.2) is 0 Å². The number of Topliss-reactive ketones (excluding diaryl/α,β-unsaturated/α-hetero) is 1. The van der Waals surface area contributed by atoms with Crippen LogP contribution in [-0.4, -0.2) is 20.5 Å². The van der Waals surface area contributed by atoms with Crippen molar-refractivity contribution in [2.45, 2.75) is 33.1 Å². The second-order valence-corrected chi connectivity index (χ2v) is 9.52. The molecule has 0 radical (unpaired) electrons. The molecule has 5 rings (SSSR count). The van der Waals surface area contributed by atoms with E-state index in [1.54, 1.807) is 17.4 Å². The normalized spacial score (nSPS) is 11.4. The molecule has 0 aliphatic carbocycles. The van der Waals surface area contributed by atoms with Gasteiger partial charge in [0, 0.05) is 52.3 Å². The molecule has 0 saturated heterocycles. The Morgan fingerprint density at radius 3 is 2.74 bits per heavy atom. The number of rotatable bonds is 7. The van der Waals surface area contributed by atoms with Crippen LogP contribution in [0.25, 0.3) is 21.0 Å². The smallest absolute Gasteiger partial charge is 0.139 e. The molecule has 2 aromatic carbocycles. The minimum atomic E-state index is -0.295. The predicted octanol–water partition coefficient (Wildman–Crippen LogP) is 6.43. The molecule has 0 atom stereocenters. The molecule has 3 heterocycles. The van der Waals surface area contributed by atoms with E-state index in [0.717, 1.165) is 43.5 Å². The molecule has 5 aromatic rings. The van der Waals surface area contributed by atoms with Gasteiger partial charge >= 0.3 is 0 Å². The van der Waals surface area contributed by atoms with E-state index in [2.05, 4.69) is 28.6 Å². The van der Waals surface area contributed by atoms with E-state index in [4.69, 9.17) is 4.98 Å². The SMILES string of the molecule is Cc1nn(C)c(C)c1CC(=O)CCc1ccc2c(c1)nc(Nc1cccc(F)c1)c1ccsc12. The summed E-state index contributed by atoms with van der Waals surface area (Å²) in [6.45, 7) is 3.95. The zero-order valence-electron chi connectivity index (χ0n) is 19.4. The summed E-state index contributed by atoms with van der Waals surface area (Å²) in [6, 6.07) is 14.6. The third kappa shape index (κ3) is 4.31. The lowest BCUT2D eigenvalue weighted by atomic mass is 10.0. The van der Waals surface area contributed by atoms with E-state index in [1.807, 2.05) is 43.1 Å². The highest BCUT2D eigenvalue weighted by atomic mass is 32.1. The number of pyridine rings is 1. The number of nitrogens with one attached hydrogen (secondary N) is 1. The number of anilines is 2. The molecule has 0 aliphatic rings. The highest BCUT2D eigenvalue weighted by Crippen LogP contribution is 2.35. The van der Waals surface area contributed by atoms with Crippen molar-refractivity contribution in [3.63, 3.8) is 0 Å². The van der Waals surface area contributed by atoms with Crippen LogP contribution in [0.1, 0.15) is 28.9 Å². The predicted molar refractivity (Wildman–Crippen MR) is 137 cm³/mol. The first-order valence-corrected chi connectivity index (χ1v) is 12.1. The number of carbonyl (C=O) groups is 1. The Labute approximate surface area is 201 Å². The van der Waals surface area contributed by atoms with Crippen LogP contribution in [-0.2, 0) is 24.7 Å². The summed E-state index contributed by atoms with van der Waals surface area (Å²) in [6.07, 6.45) is 1.54. The molecule has 0 amide bonds. The number of fused-ring (bicyclic) bond motifs is 3. The van der Waals surface area contributed by atoms with Crippen molar-refractivity contribution in [3.05, 3.63) is 82.2 Å². The molecule has 34 heavy (non-hydrogen) atoms. The number of hydrogen-bond donors (Lipinski definition) is 1. The van der Waals surface area contributed by atoms with Gasteiger partial charge in [0.1, 0.15) is 17.4 Å². The molecule has 3 aromatic heterocycles. The minimum Gasteiger partial charge on any atom is -0.340 e. The third-order valence-corrected chi connectivity index (χ3v) is 7.22. The number of aromatic nitrogens is 3. The summed E-state index contributed by atoms with van der Waals surface area (Å²) in [5, 5.41) is 11.8. The summed E-state index contributed by atoms with van der Waals surface area (Å²) >= 11 is 1.66. The van der Waals surface area contributed by atoms with Crippen LogP contribution in [0, 0.1) is 19.7 Å². The first kappa shape index (κ1) is 22.2. The van der Waals surface area contributed by atoms with Crippen LogP contribution >= 0.6 is 11.3 Å². The largest absolute Gasteiger partial charge is 0.340 e. The van der Waals surface area contributed by atoms with Crippen molar-refractivity contribution in [3.8, 4) is 0 Å². The van der Waals surface area contributed by atoms with Crippen LogP contribution in [0.4, 0.5) is 15.9 Å². The molecule has 5 nitrogen and oxygen atoms in total. The molecule has 0 unspecified atom stereocenters. The maximum Gasteiger partial charge on any atom is 0.139 e. The maximum absolute atomic E-state index is 13.7. The zero-order valence-corrected chi connectivity index (χ0v) is 20.2. The van der Waals surface area contributed by atoms with Gasteiger partial charge in [-0.2, -0.15) is 5.10 Å². The lowest BCUT2D eigenvalue weighted by molar-refractivity contribution is -0.118. The molecular formula is C27H25FN4OS. The van der Waals surface area contributed by atoms with Crippen molar-refractivity contribution >= 4 is 49.6 Å². The molecule has 0 spiro atoms. The van der Waals surface area contributed by atoms with Gasteiger partial charge in [0.05, 0.1) is 11.2 Å². The molecule has 0 bridgehead atoms. The first-order chi connectivity index (χ1) is 16.4. The Morgan fingerprint density at radius 1 is 1.12 bits per heavy atom. The van der Waals surface area contributed by atoms with Crippen molar-refractivity contribution in [2.75, 3.05) is 5.32 Å². The Morgan fingerprint density at radius 2 is 1.97 bits per heavy atom. The third-order valence-electron chi connectivity index (χ3n) is 6.27. The van der Waals surface area contributed by atoms with Crippen LogP contribution in [0.15, 0.2) is 53.9 Å². The average Bonchev–Trinajstić information content (AvgIpc) is 3.39. The van der Waals surface area contributed by atoms with E-state index >= 15 is 0 Å². The highest BCUT2D eigenvalue weighted by Gasteiger charge is 2.15. The Kier molecular flexibility index (Phi) is 5.87. The van der Waals surface area contributed by atoms with Gasteiger partial charge in [0.25, 0.3) is 0 Å². The zero-order chi connectivity index (χ0) is 23.8. The molecule has 172 valence electrons. The van der Waals surface area contributed by atoms with Crippen molar-refractivity contribution in [1.29, 1.82) is 0 Å². The van der Waals surface area contributed by atoms with E-state index in [1.165, 1.54) is 12.1 Å². The Bertz CT molecular complexity index is 1540. The molecule has 7 heteroatoms. The van der Waals surface area contributed by atoms with E-state index < -0.39 is 0 Å².